The molecule has 2 rings (SSSR count). The average Bonchev–Trinajstić information content (AvgIpc) is 2.31. The Morgan fingerprint density at radius 3 is 2.19 bits per heavy atom. The topological polar surface area (TPSA) is 29.3 Å². The van der Waals surface area contributed by atoms with Crippen LogP contribution in [-0.4, -0.2) is 0 Å². The van der Waals surface area contributed by atoms with Crippen molar-refractivity contribution in [2.45, 2.75) is 13.5 Å². The van der Waals surface area contributed by atoms with Crippen LogP contribution in [-0.2, 0) is 6.54 Å². The quantitative estimate of drug-likeness (QED) is 0.626. The van der Waals surface area contributed by atoms with Gasteiger partial charge < -0.3 is 5.01 Å². The third-order valence-corrected chi connectivity index (χ3v) is 2.56. The number of nitrogens with zero attached hydrogens (tertiary/aromatic N) is 1. The summed E-state index contributed by atoms with van der Waals surface area (Å²) >= 11 is 0. The fraction of sp³-hybridized carbons (Fsp3) is 0.143. The first kappa shape index (κ1) is 10.7. The zero-order chi connectivity index (χ0) is 11.4. The van der Waals surface area contributed by atoms with Gasteiger partial charge >= 0.3 is 0 Å². The molecule has 2 heteroatoms. The summed E-state index contributed by atoms with van der Waals surface area (Å²) in [5.41, 5.74) is 3.50. The van der Waals surface area contributed by atoms with Gasteiger partial charge in [0.1, 0.15) is 0 Å². The zero-order valence-corrected chi connectivity index (χ0v) is 9.43. The summed E-state index contributed by atoms with van der Waals surface area (Å²) in [6, 6.07) is 18.4. The van der Waals surface area contributed by atoms with E-state index in [0.29, 0.717) is 0 Å². The van der Waals surface area contributed by atoms with Crippen LogP contribution in [0.15, 0.2) is 54.6 Å². The SMILES string of the molecule is Cc1ccc(N(N)Cc2ccccc2)cc1. The maximum Gasteiger partial charge on any atom is 0.0592 e. The maximum atomic E-state index is 6.01. The fourth-order valence-electron chi connectivity index (χ4n) is 1.61. The first-order chi connectivity index (χ1) is 7.75. The lowest BCUT2D eigenvalue weighted by Crippen LogP contribution is -2.29. The van der Waals surface area contributed by atoms with Crippen LogP contribution in [0.2, 0.25) is 0 Å². The zero-order valence-electron chi connectivity index (χ0n) is 9.43. The third-order valence-electron chi connectivity index (χ3n) is 2.56. The van der Waals surface area contributed by atoms with Crippen LogP contribution < -0.4 is 10.9 Å². The lowest BCUT2D eigenvalue weighted by Gasteiger charge is -2.18. The highest BCUT2D eigenvalue weighted by atomic mass is 15.4. The van der Waals surface area contributed by atoms with Gasteiger partial charge in [0.15, 0.2) is 0 Å². The molecule has 2 N–H and O–H groups in total. The summed E-state index contributed by atoms with van der Waals surface area (Å²) in [7, 11) is 0. The van der Waals surface area contributed by atoms with Gasteiger partial charge in [0.2, 0.25) is 0 Å². The lowest BCUT2D eigenvalue weighted by atomic mass is 10.2. The van der Waals surface area contributed by atoms with Gasteiger partial charge in [0, 0.05) is 0 Å². The molecule has 0 heterocycles. The van der Waals surface area contributed by atoms with E-state index in [1.54, 1.807) is 5.01 Å². The number of anilines is 1. The number of hydrogen-bond acceptors (Lipinski definition) is 2. The van der Waals surface area contributed by atoms with Gasteiger partial charge in [-0.05, 0) is 24.6 Å². The molecule has 2 aromatic carbocycles. The van der Waals surface area contributed by atoms with Gasteiger partial charge in [-0.2, -0.15) is 0 Å². The maximum absolute atomic E-state index is 6.01. The van der Waals surface area contributed by atoms with Gasteiger partial charge in [0.25, 0.3) is 0 Å². The molecule has 0 aliphatic rings. The van der Waals surface area contributed by atoms with Crippen LogP contribution in [0.5, 0.6) is 0 Å². The van der Waals surface area contributed by atoms with Crippen LogP contribution in [0, 0.1) is 6.92 Å². The van der Waals surface area contributed by atoms with E-state index >= 15 is 0 Å². The Morgan fingerprint density at radius 1 is 0.938 bits per heavy atom. The molecule has 0 aliphatic heterocycles. The Kier molecular flexibility index (Phi) is 3.22. The van der Waals surface area contributed by atoms with E-state index in [0.717, 1.165) is 12.2 Å². The second kappa shape index (κ2) is 4.81. The summed E-state index contributed by atoms with van der Waals surface area (Å²) in [5, 5.41) is 1.76. The molecule has 0 spiro atoms. The van der Waals surface area contributed by atoms with Gasteiger partial charge in [-0.3, -0.25) is 0 Å². The molecule has 0 saturated carbocycles. The molecule has 0 radical (unpaired) electrons. The Labute approximate surface area is 96.3 Å². The number of hydrazine groups is 1. The Balaban J connectivity index is 2.09. The minimum Gasteiger partial charge on any atom is -0.307 e. The summed E-state index contributed by atoms with van der Waals surface area (Å²) in [6.07, 6.45) is 0. The second-order valence-corrected chi connectivity index (χ2v) is 3.95. The van der Waals surface area contributed by atoms with Gasteiger partial charge in [-0.15, -0.1) is 0 Å². The van der Waals surface area contributed by atoms with Crippen LogP contribution >= 0.6 is 0 Å². The van der Waals surface area contributed by atoms with E-state index in [-0.39, 0.29) is 0 Å². The Hall–Kier alpha value is -1.80. The smallest absolute Gasteiger partial charge is 0.0592 e. The fourth-order valence-corrected chi connectivity index (χ4v) is 1.61. The van der Waals surface area contributed by atoms with Gasteiger partial charge in [0.05, 0.1) is 12.2 Å². The monoisotopic (exact) mass is 212 g/mol. The predicted molar refractivity (Wildman–Crippen MR) is 68.0 cm³/mol. The van der Waals surface area contributed by atoms with Crippen LogP contribution in [0.1, 0.15) is 11.1 Å². The Morgan fingerprint density at radius 2 is 1.56 bits per heavy atom. The van der Waals surface area contributed by atoms with Crippen molar-refractivity contribution in [1.29, 1.82) is 0 Å². The van der Waals surface area contributed by atoms with Crippen molar-refractivity contribution in [2.75, 3.05) is 5.01 Å². The average molecular weight is 212 g/mol. The van der Waals surface area contributed by atoms with Crippen molar-refractivity contribution in [2.24, 2.45) is 5.84 Å². The molecule has 0 amide bonds. The van der Waals surface area contributed by atoms with Crippen molar-refractivity contribution < 1.29 is 0 Å². The summed E-state index contributed by atoms with van der Waals surface area (Å²) < 4.78 is 0. The third kappa shape index (κ3) is 2.61. The van der Waals surface area contributed by atoms with Crippen molar-refractivity contribution in [1.82, 2.24) is 0 Å². The molecule has 0 aliphatic carbocycles. The first-order valence-electron chi connectivity index (χ1n) is 5.38. The number of nitrogens with two attached hydrogens (primary N) is 1. The Bertz CT molecular complexity index is 434. The highest BCUT2D eigenvalue weighted by molar-refractivity contribution is 5.46. The molecule has 0 saturated heterocycles. The number of aryl methyl sites for hydroxylation is 1. The van der Waals surface area contributed by atoms with Crippen LogP contribution in [0.3, 0.4) is 0 Å². The van der Waals surface area contributed by atoms with Crippen molar-refractivity contribution in [3.63, 3.8) is 0 Å². The number of hydrogen-bond donors (Lipinski definition) is 1. The summed E-state index contributed by atoms with van der Waals surface area (Å²) in [6.45, 7) is 2.80. The van der Waals surface area contributed by atoms with Gasteiger partial charge in [-0.25, -0.2) is 5.84 Å². The van der Waals surface area contributed by atoms with E-state index in [1.165, 1.54) is 11.1 Å². The predicted octanol–water partition coefficient (Wildman–Crippen LogP) is 2.88. The van der Waals surface area contributed by atoms with E-state index in [4.69, 9.17) is 5.84 Å². The molecule has 0 atom stereocenters. The molecule has 82 valence electrons. The number of rotatable bonds is 3. The van der Waals surface area contributed by atoms with E-state index < -0.39 is 0 Å². The molecule has 0 bridgehead atoms. The largest absolute Gasteiger partial charge is 0.307 e. The minimum atomic E-state index is 0.726. The molecule has 2 nitrogen and oxygen atoms in total. The van der Waals surface area contributed by atoms with Crippen molar-refractivity contribution in [3.8, 4) is 0 Å². The molecule has 16 heavy (non-hydrogen) atoms. The van der Waals surface area contributed by atoms with E-state index in [2.05, 4.69) is 31.2 Å². The van der Waals surface area contributed by atoms with E-state index in [1.807, 2.05) is 30.3 Å². The molecular weight excluding hydrogens is 196 g/mol. The summed E-state index contributed by atoms with van der Waals surface area (Å²) in [4.78, 5) is 0. The van der Waals surface area contributed by atoms with Gasteiger partial charge in [-0.1, -0.05) is 48.0 Å². The van der Waals surface area contributed by atoms with Crippen LogP contribution in [0.4, 0.5) is 5.69 Å². The number of benzene rings is 2. The summed E-state index contributed by atoms with van der Waals surface area (Å²) in [5.74, 6) is 6.01. The highest BCUT2D eigenvalue weighted by Gasteiger charge is 2.01. The second-order valence-electron chi connectivity index (χ2n) is 3.95. The normalized spacial score (nSPS) is 10.1. The van der Waals surface area contributed by atoms with E-state index in [9.17, 15) is 0 Å². The van der Waals surface area contributed by atoms with Crippen molar-refractivity contribution >= 4 is 5.69 Å². The first-order valence-corrected chi connectivity index (χ1v) is 5.38. The molecule has 0 aromatic heterocycles. The molecule has 0 unspecified atom stereocenters. The standard InChI is InChI=1S/C14H16N2/c1-12-7-9-14(10-8-12)16(15)11-13-5-3-2-4-6-13/h2-10H,11,15H2,1H3. The molecular formula is C14H16N2. The molecule has 2 aromatic rings. The minimum absolute atomic E-state index is 0.726. The lowest BCUT2D eigenvalue weighted by molar-refractivity contribution is 0.853. The van der Waals surface area contributed by atoms with Crippen LogP contribution in [0.25, 0.3) is 0 Å². The molecule has 0 fully saturated rings. The van der Waals surface area contributed by atoms with Crippen molar-refractivity contribution in [3.05, 3.63) is 65.7 Å². The highest BCUT2D eigenvalue weighted by Crippen LogP contribution is 2.14.